The minimum atomic E-state index is -4.31. The van der Waals surface area contributed by atoms with Gasteiger partial charge in [-0.05, 0) is 13.3 Å². The van der Waals surface area contributed by atoms with Crippen LogP contribution in [0, 0.1) is 0 Å². The summed E-state index contributed by atoms with van der Waals surface area (Å²) < 4.78 is 20.5. The zero-order valence-electron chi connectivity index (χ0n) is 11.3. The van der Waals surface area contributed by atoms with E-state index in [4.69, 9.17) is 4.62 Å². The van der Waals surface area contributed by atoms with Gasteiger partial charge in [0.25, 0.3) is 0 Å². The van der Waals surface area contributed by atoms with E-state index in [0.29, 0.717) is 18.5 Å². The normalized spacial score (nSPS) is 14.9. The van der Waals surface area contributed by atoms with E-state index >= 15 is 0 Å². The molecule has 0 spiro atoms. The third-order valence-corrected chi connectivity index (χ3v) is 2.78. The lowest BCUT2D eigenvalue weighted by Crippen LogP contribution is -2.35. The molecular weight excluding hydrogens is 259 g/mol. The van der Waals surface area contributed by atoms with Gasteiger partial charge in [-0.1, -0.05) is 6.58 Å². The minimum absolute atomic E-state index is 0.0444. The van der Waals surface area contributed by atoms with Crippen molar-refractivity contribution in [2.45, 2.75) is 13.3 Å². The molecule has 0 aliphatic rings. The van der Waals surface area contributed by atoms with Gasteiger partial charge in [-0.3, -0.25) is 9.36 Å². The van der Waals surface area contributed by atoms with Crippen LogP contribution in [-0.4, -0.2) is 44.8 Å². The lowest BCUT2D eigenvalue weighted by atomic mass is 10.3. The van der Waals surface area contributed by atoms with Crippen molar-refractivity contribution in [3.8, 4) is 0 Å². The van der Waals surface area contributed by atoms with Gasteiger partial charge in [0.1, 0.15) is 0 Å². The largest absolute Gasteiger partial charge is 0.752 e. The van der Waals surface area contributed by atoms with Gasteiger partial charge in [0.15, 0.2) is 0 Å². The van der Waals surface area contributed by atoms with E-state index in [1.54, 1.807) is 28.1 Å². The molecule has 0 bridgehead atoms. The number of nitrogens with one attached hydrogen (secondary N) is 1. The number of hydrogen-bond donors (Lipinski definition) is 1. The first kappa shape index (κ1) is 17.3. The summed E-state index contributed by atoms with van der Waals surface area (Å²) in [6.45, 7) is 5.33. The third kappa shape index (κ3) is 9.32. The topological polar surface area (TPSA) is 87.7 Å². The molecule has 1 amide bonds. The molecule has 1 atom stereocenters. The zero-order chi connectivity index (χ0) is 14.4. The van der Waals surface area contributed by atoms with Gasteiger partial charge in [-0.15, -0.1) is 4.62 Å². The number of hydroxylamine groups is 3. The van der Waals surface area contributed by atoms with Crippen LogP contribution in [0.1, 0.15) is 13.3 Å². The summed E-state index contributed by atoms with van der Waals surface area (Å²) in [5.41, 5.74) is 0.402. The van der Waals surface area contributed by atoms with E-state index in [-0.39, 0.29) is 17.2 Å². The highest BCUT2D eigenvalue weighted by molar-refractivity contribution is 7.45. The molecule has 0 fully saturated rings. The Kier molecular flexibility index (Phi) is 6.73. The van der Waals surface area contributed by atoms with Gasteiger partial charge in [-0.2, -0.15) is 4.65 Å². The Morgan fingerprint density at radius 1 is 1.44 bits per heavy atom. The fourth-order valence-corrected chi connectivity index (χ4v) is 1.92. The molecule has 7 nitrogen and oxygen atoms in total. The van der Waals surface area contributed by atoms with Crippen LogP contribution in [0.4, 0.5) is 0 Å². The smallest absolute Gasteiger partial charge is 0.325 e. The van der Waals surface area contributed by atoms with E-state index < -0.39 is 7.82 Å². The Hall–Kier alpha value is -0.720. The molecule has 0 aromatic carbocycles. The highest BCUT2D eigenvalue weighted by Gasteiger charge is 2.20. The van der Waals surface area contributed by atoms with Gasteiger partial charge >= 0.3 is 7.82 Å². The number of carbonyl (C=O) groups excluding carboxylic acids is 1. The van der Waals surface area contributed by atoms with Crippen LogP contribution in [0.15, 0.2) is 12.2 Å². The van der Waals surface area contributed by atoms with E-state index in [0.717, 1.165) is 0 Å². The molecule has 0 rings (SSSR count). The Balaban J connectivity index is 3.82. The number of phosphoric ester groups is 1. The van der Waals surface area contributed by atoms with Crippen LogP contribution < -0.4 is 10.2 Å². The van der Waals surface area contributed by atoms with E-state index in [2.05, 4.69) is 16.4 Å². The van der Waals surface area contributed by atoms with Gasteiger partial charge in [-0.25, -0.2) is 0 Å². The van der Waals surface area contributed by atoms with Crippen molar-refractivity contribution in [2.75, 3.05) is 34.3 Å². The maximum absolute atomic E-state index is 11.3. The lowest BCUT2D eigenvalue weighted by Gasteiger charge is -2.29. The van der Waals surface area contributed by atoms with Gasteiger partial charge in [0, 0.05) is 12.1 Å². The molecule has 1 unspecified atom stereocenters. The number of amides is 1. The average molecular weight is 280 g/mol. The number of rotatable bonds is 8. The van der Waals surface area contributed by atoms with Crippen molar-refractivity contribution >= 4 is 13.7 Å². The van der Waals surface area contributed by atoms with Crippen LogP contribution in [0.2, 0.25) is 0 Å². The van der Waals surface area contributed by atoms with Crippen molar-refractivity contribution < 1.29 is 28.0 Å². The summed E-state index contributed by atoms with van der Waals surface area (Å²) in [7, 11) is 0.365. The van der Waals surface area contributed by atoms with Crippen molar-refractivity contribution in [1.29, 1.82) is 0 Å². The SMILES string of the molecule is C=C(C)C(=O)NCCCOP(=O)([O-])O[N+](C)(C)C. The first-order valence-corrected chi connectivity index (χ1v) is 6.92. The summed E-state index contributed by atoms with van der Waals surface area (Å²) >= 11 is 0. The number of nitrogens with zero attached hydrogens (tertiary/aromatic N) is 1. The molecule has 106 valence electrons. The molecule has 0 aromatic heterocycles. The number of hydrogen-bond acceptors (Lipinski definition) is 5. The molecule has 1 N–H and O–H groups in total. The second-order valence-electron chi connectivity index (χ2n) is 4.64. The molecule has 0 aromatic rings. The maximum atomic E-state index is 11.3. The van der Waals surface area contributed by atoms with Crippen LogP contribution in [-0.2, 0) is 18.5 Å². The third-order valence-electron chi connectivity index (χ3n) is 1.59. The maximum Gasteiger partial charge on any atom is 0.325 e. The van der Waals surface area contributed by atoms with Crippen LogP contribution >= 0.6 is 7.82 Å². The van der Waals surface area contributed by atoms with Crippen molar-refractivity contribution in [3.05, 3.63) is 12.2 Å². The fourth-order valence-electron chi connectivity index (χ4n) is 0.925. The van der Waals surface area contributed by atoms with Gasteiger partial charge < -0.3 is 14.7 Å². The van der Waals surface area contributed by atoms with Crippen LogP contribution in [0.3, 0.4) is 0 Å². The second-order valence-corrected chi connectivity index (χ2v) is 5.96. The van der Waals surface area contributed by atoms with E-state index in [1.165, 1.54) is 0 Å². The van der Waals surface area contributed by atoms with Gasteiger partial charge in [0.05, 0.1) is 27.7 Å². The summed E-state index contributed by atoms with van der Waals surface area (Å²) in [6.07, 6.45) is 0.367. The monoisotopic (exact) mass is 280 g/mol. The Morgan fingerprint density at radius 2 is 2.00 bits per heavy atom. The molecule has 0 radical (unpaired) electrons. The number of phosphoric acid groups is 1. The predicted octanol–water partition coefficient (Wildman–Crippen LogP) is 0.192. The number of quaternary nitrogens is 1. The second kappa shape index (κ2) is 7.01. The molecule has 8 heteroatoms. The predicted molar refractivity (Wildman–Crippen MR) is 65.1 cm³/mol. The summed E-state index contributed by atoms with van der Waals surface area (Å²) in [5, 5.41) is 2.56. The number of carbonyl (C=O) groups is 1. The molecule has 0 saturated carbocycles. The summed E-state index contributed by atoms with van der Waals surface area (Å²) in [4.78, 5) is 22.4. The molecule has 0 saturated heterocycles. The van der Waals surface area contributed by atoms with Crippen molar-refractivity contribution in [1.82, 2.24) is 5.32 Å². The summed E-state index contributed by atoms with van der Waals surface area (Å²) in [5.74, 6) is -0.261. The van der Waals surface area contributed by atoms with E-state index in [1.807, 2.05) is 0 Å². The van der Waals surface area contributed by atoms with E-state index in [9.17, 15) is 14.3 Å². The molecular formula is C10H21N2O5P. The highest BCUT2D eigenvalue weighted by Crippen LogP contribution is 2.40. The summed E-state index contributed by atoms with van der Waals surface area (Å²) in [6, 6.07) is 0. The van der Waals surface area contributed by atoms with Crippen molar-refractivity contribution in [3.63, 3.8) is 0 Å². The van der Waals surface area contributed by atoms with Gasteiger partial charge in [0.2, 0.25) is 5.91 Å². The molecule has 0 aliphatic heterocycles. The van der Waals surface area contributed by atoms with Crippen LogP contribution in [0.5, 0.6) is 0 Å². The highest BCUT2D eigenvalue weighted by atomic mass is 31.2. The zero-order valence-corrected chi connectivity index (χ0v) is 12.2. The first-order valence-electron chi connectivity index (χ1n) is 5.45. The molecule has 0 heterocycles. The Labute approximate surface area is 108 Å². The molecule has 0 aliphatic carbocycles. The average Bonchev–Trinajstić information content (AvgIpc) is 2.12. The lowest BCUT2D eigenvalue weighted by molar-refractivity contribution is -1.04. The Morgan fingerprint density at radius 3 is 2.44 bits per heavy atom. The minimum Gasteiger partial charge on any atom is -0.752 e. The van der Waals surface area contributed by atoms with Crippen molar-refractivity contribution in [2.24, 2.45) is 0 Å². The first-order chi connectivity index (χ1) is 8.03. The van der Waals surface area contributed by atoms with Crippen LogP contribution in [0.25, 0.3) is 0 Å². The Bertz CT molecular complexity index is 351. The molecule has 18 heavy (non-hydrogen) atoms. The quantitative estimate of drug-likeness (QED) is 0.225. The fraction of sp³-hybridized carbons (Fsp3) is 0.700. The standard InChI is InChI=1S/C10H21N2O5P/c1-9(2)10(13)11-7-6-8-16-18(14,15)17-12(3,4)5/h1,6-8H2,2-5H3,(H-,11,13,14,15).